The molecule has 0 radical (unpaired) electrons. The molecule has 0 saturated heterocycles. The summed E-state index contributed by atoms with van der Waals surface area (Å²) in [6, 6.07) is 16.9. The fraction of sp³-hybridized carbons (Fsp3) is 0.391. The number of amides is 1. The Hall–Kier alpha value is -3.26. The number of hydrogen-bond acceptors (Lipinski definition) is 6. The Morgan fingerprint density at radius 2 is 1.87 bits per heavy atom. The quantitative estimate of drug-likeness (QED) is 0.578. The van der Waals surface area contributed by atoms with E-state index in [2.05, 4.69) is 20.7 Å². The second-order valence-corrected chi connectivity index (χ2v) is 7.76. The van der Waals surface area contributed by atoms with Crippen molar-refractivity contribution in [1.82, 2.24) is 20.2 Å². The average Bonchev–Trinajstić information content (AvgIpc) is 3.26. The number of ether oxygens (including phenoxy) is 1. The van der Waals surface area contributed by atoms with Crippen LogP contribution in [0.5, 0.6) is 5.75 Å². The number of aryl methyl sites for hydroxylation is 1. The smallest absolute Gasteiger partial charge is 0.224 e. The molecule has 0 aliphatic heterocycles. The highest BCUT2D eigenvalue weighted by Crippen LogP contribution is 2.25. The molecule has 8 heteroatoms. The van der Waals surface area contributed by atoms with Crippen molar-refractivity contribution in [2.45, 2.75) is 57.3 Å². The van der Waals surface area contributed by atoms with Crippen molar-refractivity contribution in [2.24, 2.45) is 0 Å². The third-order valence-electron chi connectivity index (χ3n) is 5.34. The van der Waals surface area contributed by atoms with E-state index >= 15 is 0 Å². The molecular formula is C23H27N5O3. The van der Waals surface area contributed by atoms with Crippen LogP contribution < -0.4 is 10.1 Å². The first-order valence-electron chi connectivity index (χ1n) is 10.8. The van der Waals surface area contributed by atoms with Gasteiger partial charge in [-0.3, -0.25) is 4.79 Å². The number of carbonyl (C=O) groups excluding carboxylic acids is 1. The zero-order valence-electron chi connectivity index (χ0n) is 17.4. The summed E-state index contributed by atoms with van der Waals surface area (Å²) >= 11 is 0. The van der Waals surface area contributed by atoms with Gasteiger partial charge >= 0.3 is 0 Å². The number of hydrogen-bond donors (Lipinski definition) is 2. The highest BCUT2D eigenvalue weighted by molar-refractivity contribution is 5.90. The molecule has 0 bridgehead atoms. The van der Waals surface area contributed by atoms with E-state index in [0.717, 1.165) is 31.2 Å². The van der Waals surface area contributed by atoms with Crippen molar-refractivity contribution >= 4 is 11.6 Å². The van der Waals surface area contributed by atoms with Gasteiger partial charge in [0.2, 0.25) is 11.7 Å². The first kappa shape index (κ1) is 21.0. The molecule has 2 unspecified atom stereocenters. The maximum absolute atomic E-state index is 12.2. The molecule has 1 aromatic heterocycles. The van der Waals surface area contributed by atoms with Gasteiger partial charge < -0.3 is 15.2 Å². The van der Waals surface area contributed by atoms with Crippen LogP contribution in [0.1, 0.15) is 38.5 Å². The van der Waals surface area contributed by atoms with Gasteiger partial charge in [0.1, 0.15) is 11.9 Å². The molecule has 4 rings (SSSR count). The zero-order chi connectivity index (χ0) is 21.5. The van der Waals surface area contributed by atoms with Crippen LogP contribution in [0.3, 0.4) is 0 Å². The third-order valence-corrected chi connectivity index (χ3v) is 5.34. The van der Waals surface area contributed by atoms with Crippen molar-refractivity contribution in [1.29, 1.82) is 0 Å². The molecule has 162 valence electrons. The maximum Gasteiger partial charge on any atom is 0.224 e. The van der Waals surface area contributed by atoms with Gasteiger partial charge in [0.05, 0.1) is 12.6 Å². The molecule has 1 heterocycles. The summed E-state index contributed by atoms with van der Waals surface area (Å²) in [4.78, 5) is 13.7. The Balaban J connectivity index is 1.21. The van der Waals surface area contributed by atoms with Crippen LogP contribution in [0.15, 0.2) is 54.6 Å². The van der Waals surface area contributed by atoms with Gasteiger partial charge in [0, 0.05) is 17.7 Å². The predicted octanol–water partition coefficient (Wildman–Crippen LogP) is 3.44. The van der Waals surface area contributed by atoms with Gasteiger partial charge in [0.25, 0.3) is 0 Å². The molecule has 2 aromatic carbocycles. The van der Waals surface area contributed by atoms with Gasteiger partial charge in [0.15, 0.2) is 0 Å². The van der Waals surface area contributed by atoms with Crippen molar-refractivity contribution in [2.75, 3.05) is 5.32 Å². The normalized spacial score (nSPS) is 18.5. The Bertz CT molecular complexity index is 974. The number of aliphatic hydroxyl groups excluding tert-OH is 1. The molecule has 1 fully saturated rings. The molecule has 1 aliphatic carbocycles. The monoisotopic (exact) mass is 421 g/mol. The van der Waals surface area contributed by atoms with Gasteiger partial charge in [-0.05, 0) is 55.2 Å². The number of tetrazole rings is 1. The molecule has 3 aromatic rings. The first-order valence-corrected chi connectivity index (χ1v) is 10.8. The van der Waals surface area contributed by atoms with Crippen LogP contribution in [-0.2, 0) is 11.3 Å². The highest BCUT2D eigenvalue weighted by Gasteiger charge is 2.24. The lowest BCUT2D eigenvalue weighted by molar-refractivity contribution is -0.116. The van der Waals surface area contributed by atoms with E-state index in [1.165, 1.54) is 4.80 Å². The van der Waals surface area contributed by atoms with E-state index in [1.54, 1.807) is 0 Å². The van der Waals surface area contributed by atoms with Gasteiger partial charge in [-0.25, -0.2) is 0 Å². The summed E-state index contributed by atoms with van der Waals surface area (Å²) in [5.74, 6) is 1.21. The number of anilines is 1. The fourth-order valence-corrected chi connectivity index (χ4v) is 3.65. The maximum atomic E-state index is 12.2. The van der Waals surface area contributed by atoms with E-state index in [1.807, 2.05) is 54.6 Å². The van der Waals surface area contributed by atoms with E-state index in [-0.39, 0.29) is 12.0 Å². The Morgan fingerprint density at radius 1 is 1.10 bits per heavy atom. The van der Waals surface area contributed by atoms with Crippen molar-refractivity contribution < 1.29 is 14.6 Å². The van der Waals surface area contributed by atoms with Crippen molar-refractivity contribution in [3.8, 4) is 17.1 Å². The number of rotatable bonds is 8. The summed E-state index contributed by atoms with van der Waals surface area (Å²) in [6.07, 6.45) is 4.19. The summed E-state index contributed by atoms with van der Waals surface area (Å²) in [5.41, 5.74) is 1.63. The summed E-state index contributed by atoms with van der Waals surface area (Å²) < 4.78 is 5.89. The van der Waals surface area contributed by atoms with E-state index < -0.39 is 6.10 Å². The van der Waals surface area contributed by atoms with Crippen LogP contribution in [0, 0.1) is 0 Å². The summed E-state index contributed by atoms with van der Waals surface area (Å²) in [7, 11) is 0. The van der Waals surface area contributed by atoms with Crippen LogP contribution in [0.2, 0.25) is 0 Å². The van der Waals surface area contributed by atoms with E-state index in [4.69, 9.17) is 4.74 Å². The average molecular weight is 422 g/mol. The second kappa shape index (κ2) is 10.2. The number of carbonyl (C=O) groups is 1. The fourth-order valence-electron chi connectivity index (χ4n) is 3.65. The number of aliphatic hydroxyl groups is 1. The molecule has 2 N–H and O–H groups in total. The van der Waals surface area contributed by atoms with Gasteiger partial charge in [-0.15, -0.1) is 10.2 Å². The van der Waals surface area contributed by atoms with E-state index in [9.17, 15) is 9.90 Å². The van der Waals surface area contributed by atoms with Crippen molar-refractivity contribution in [3.05, 3.63) is 54.6 Å². The minimum atomic E-state index is -0.406. The lowest BCUT2D eigenvalue weighted by Gasteiger charge is -2.28. The number of nitrogens with one attached hydrogen (secondary N) is 1. The molecule has 1 amide bonds. The Labute approximate surface area is 181 Å². The van der Waals surface area contributed by atoms with Crippen LogP contribution in [0.25, 0.3) is 11.4 Å². The standard InChI is InChI=1S/C23H27N5O3/c29-20-9-4-5-10-21(20)31-19-14-12-18(13-15-19)24-22(30)11-6-16-28-26-23(25-27-28)17-7-2-1-3-8-17/h1-3,7-8,12-15,20-21,29H,4-6,9-11,16H2,(H,24,30). The van der Waals surface area contributed by atoms with Crippen LogP contribution >= 0.6 is 0 Å². The molecular weight excluding hydrogens is 394 g/mol. The molecule has 2 atom stereocenters. The molecule has 1 aliphatic rings. The van der Waals surface area contributed by atoms with Crippen molar-refractivity contribution in [3.63, 3.8) is 0 Å². The third kappa shape index (κ3) is 5.88. The second-order valence-electron chi connectivity index (χ2n) is 7.76. The largest absolute Gasteiger partial charge is 0.488 e. The minimum absolute atomic E-state index is 0.0697. The SMILES string of the molecule is O=C(CCCn1nnc(-c2ccccc2)n1)Nc1ccc(OC2CCCCC2O)cc1. The Kier molecular flexibility index (Phi) is 6.89. The van der Waals surface area contributed by atoms with Crippen LogP contribution in [-0.4, -0.2) is 43.4 Å². The summed E-state index contributed by atoms with van der Waals surface area (Å²) in [6.45, 7) is 0.518. The lowest BCUT2D eigenvalue weighted by Crippen LogP contribution is -2.34. The van der Waals surface area contributed by atoms with Gasteiger partial charge in [-0.2, -0.15) is 4.80 Å². The predicted molar refractivity (Wildman–Crippen MR) is 116 cm³/mol. The number of aromatic nitrogens is 4. The summed E-state index contributed by atoms with van der Waals surface area (Å²) in [5, 5.41) is 25.4. The molecule has 1 saturated carbocycles. The molecule has 0 spiro atoms. The number of benzene rings is 2. The number of nitrogens with zero attached hydrogens (tertiary/aromatic N) is 4. The Morgan fingerprint density at radius 3 is 2.65 bits per heavy atom. The first-order chi connectivity index (χ1) is 15.2. The molecule has 8 nitrogen and oxygen atoms in total. The van der Waals surface area contributed by atoms with Gasteiger partial charge in [-0.1, -0.05) is 36.8 Å². The topological polar surface area (TPSA) is 102 Å². The zero-order valence-corrected chi connectivity index (χ0v) is 17.4. The molecule has 31 heavy (non-hydrogen) atoms. The lowest BCUT2D eigenvalue weighted by atomic mass is 9.95. The minimum Gasteiger partial charge on any atom is -0.488 e. The highest BCUT2D eigenvalue weighted by atomic mass is 16.5. The van der Waals surface area contributed by atoms with Crippen LogP contribution in [0.4, 0.5) is 5.69 Å². The van der Waals surface area contributed by atoms with E-state index in [0.29, 0.717) is 36.6 Å².